The molecule has 0 unspecified atom stereocenters. The van der Waals surface area contributed by atoms with Crippen molar-refractivity contribution in [2.24, 2.45) is 0 Å². The zero-order valence-electron chi connectivity index (χ0n) is 40.5. The standard InChI is InChI=1S/C53H38B2F16N2O/c56-39-37(40(57)44(61)47(64)43(39)60)54-30-13-11-23(15-17-52(66,67)68)19-32(30)72-49-34-27(21-28(35(49)54)25-7-3-1-4-8-25)22-29(26-9-5-2-6-10-26)36-50(34)73(51(72)74)33-20-24(16-18-53(69,70)71)12-14-31(33)55(36)38-41(58)45(62)48(65)46(63)42(38)59/h11-14,19-22,25-26H,1-10,15-18H2/i25D,26D. The highest BCUT2D eigenvalue weighted by atomic mass is 19.4. The normalized spacial score (nSPS) is 18.2. The fraction of sp³-hybridized carbons (Fsp3) is 0.340. The molecule has 0 saturated heterocycles. The van der Waals surface area contributed by atoms with Crippen molar-refractivity contribution >= 4 is 85.8 Å². The number of carbonyl (C=O) groups excluding carboxylic acids is 1. The summed E-state index contributed by atoms with van der Waals surface area (Å²) in [5.74, 6) is -27.6. The molecule has 74 heavy (non-hydrogen) atoms. The molecule has 6 aromatic carbocycles. The van der Waals surface area contributed by atoms with Gasteiger partial charge in [0, 0.05) is 43.3 Å². The molecule has 0 spiro atoms. The Balaban J connectivity index is 1.37. The van der Waals surface area contributed by atoms with Crippen LogP contribution in [0.5, 0.6) is 0 Å². The second-order valence-electron chi connectivity index (χ2n) is 19.6. The van der Waals surface area contributed by atoms with Gasteiger partial charge in [-0.15, -0.1) is 0 Å². The van der Waals surface area contributed by atoms with Crippen LogP contribution < -0.4 is 42.6 Å². The number of urea groups is 1. The van der Waals surface area contributed by atoms with Crippen LogP contribution in [0, 0.1) is 58.2 Å². The molecule has 2 aliphatic carbocycles. The van der Waals surface area contributed by atoms with Crippen LogP contribution in [-0.2, 0) is 12.8 Å². The Bertz CT molecular complexity index is 3210. The van der Waals surface area contributed by atoms with Crippen LogP contribution >= 0.6 is 0 Å². The maximum Gasteiger partial charge on any atom is 0.389 e. The van der Waals surface area contributed by atoms with Gasteiger partial charge in [0.2, 0.25) is 0 Å². The molecule has 3 aliphatic heterocycles. The summed E-state index contributed by atoms with van der Waals surface area (Å²) in [5.41, 5.74) is -6.91. The maximum atomic E-state index is 16.8. The Morgan fingerprint density at radius 2 is 0.811 bits per heavy atom. The topological polar surface area (TPSA) is 23.6 Å². The average Bonchev–Trinajstić information content (AvgIpc) is 3.50. The average molecular weight is 1050 g/mol. The Morgan fingerprint density at radius 3 is 1.15 bits per heavy atom. The molecule has 0 aromatic heterocycles. The highest BCUT2D eigenvalue weighted by Crippen LogP contribution is 2.52. The summed E-state index contributed by atoms with van der Waals surface area (Å²) >= 11 is 0. The molecule has 384 valence electrons. The Kier molecular flexibility index (Phi) is 11.6. The summed E-state index contributed by atoms with van der Waals surface area (Å²) in [7, 11) is 0. The molecule has 11 rings (SSSR count). The van der Waals surface area contributed by atoms with Crippen molar-refractivity contribution in [2.75, 3.05) is 9.80 Å². The minimum absolute atomic E-state index is 0.0000659. The highest BCUT2D eigenvalue weighted by Gasteiger charge is 2.53. The molecule has 3 nitrogen and oxygen atoms in total. The lowest BCUT2D eigenvalue weighted by atomic mass is 9.32. The highest BCUT2D eigenvalue weighted by molar-refractivity contribution is 7.00. The van der Waals surface area contributed by atoms with Crippen molar-refractivity contribution in [3.05, 3.63) is 129 Å². The number of nitrogens with zero attached hydrogens (tertiary/aromatic N) is 2. The van der Waals surface area contributed by atoms with Crippen LogP contribution in [0.25, 0.3) is 10.8 Å². The van der Waals surface area contributed by atoms with Gasteiger partial charge in [0.25, 0.3) is 13.4 Å². The number of amides is 2. The molecule has 3 heterocycles. The zero-order chi connectivity index (χ0) is 54.5. The molecule has 0 N–H and O–H groups in total. The van der Waals surface area contributed by atoms with Gasteiger partial charge in [0.05, 0.1) is 11.4 Å². The SMILES string of the molecule is [2H]C1(c2cc3cc(C4([2H])CCCCC4)c4c5c3c3c2B(c2c(F)c(F)c(F)c(F)c2F)c2ccc(CCC(F)(F)F)cc2N3C(=O)N5c2cc(CCC(F)(F)F)ccc2B4c2c(F)c(F)c(F)c(F)c2F)CCCCC1. The van der Waals surface area contributed by atoms with Gasteiger partial charge in [-0.05, 0) is 112 Å². The summed E-state index contributed by atoms with van der Waals surface area (Å²) in [6.45, 7) is -4.37. The first-order valence-electron chi connectivity index (χ1n) is 25.0. The summed E-state index contributed by atoms with van der Waals surface area (Å²) < 4.78 is 263. The smallest absolute Gasteiger partial charge is 0.263 e. The number of alkyl halides is 6. The van der Waals surface area contributed by atoms with E-state index in [-0.39, 0.29) is 58.7 Å². The molecule has 0 radical (unpaired) electrons. The molecular formula is C53H38B2F16N2O. The van der Waals surface area contributed by atoms with E-state index >= 15 is 39.9 Å². The number of fused-ring (bicyclic) bond motifs is 4. The molecule has 2 amide bonds. The number of halogens is 16. The molecular weight excluding hydrogens is 1010 g/mol. The second kappa shape index (κ2) is 18.0. The van der Waals surface area contributed by atoms with E-state index in [1.807, 2.05) is 0 Å². The van der Waals surface area contributed by atoms with Crippen LogP contribution in [0.3, 0.4) is 0 Å². The lowest BCUT2D eigenvalue weighted by molar-refractivity contribution is -0.134. The number of anilines is 4. The van der Waals surface area contributed by atoms with E-state index < -0.39 is 183 Å². The van der Waals surface area contributed by atoms with E-state index in [1.165, 1.54) is 12.1 Å². The third kappa shape index (κ3) is 7.85. The van der Waals surface area contributed by atoms with Gasteiger partial charge < -0.3 is 0 Å². The third-order valence-electron chi connectivity index (χ3n) is 15.3. The van der Waals surface area contributed by atoms with Gasteiger partial charge in [0.1, 0.15) is 0 Å². The van der Waals surface area contributed by atoms with Crippen molar-refractivity contribution in [1.82, 2.24) is 0 Å². The maximum absolute atomic E-state index is 16.8. The fourth-order valence-electron chi connectivity index (χ4n) is 12.0. The van der Waals surface area contributed by atoms with Gasteiger partial charge in [0.15, 0.2) is 58.2 Å². The number of rotatable bonds is 8. The number of hydrogen-bond acceptors (Lipinski definition) is 1. The van der Waals surface area contributed by atoms with Gasteiger partial charge in [-0.1, -0.05) is 74.9 Å². The zero-order valence-corrected chi connectivity index (χ0v) is 38.5. The third-order valence-corrected chi connectivity index (χ3v) is 15.3. The van der Waals surface area contributed by atoms with Crippen LogP contribution in [0.15, 0.2) is 48.5 Å². The van der Waals surface area contributed by atoms with Crippen molar-refractivity contribution in [2.45, 2.75) is 114 Å². The predicted molar refractivity (Wildman–Crippen MR) is 249 cm³/mol. The lowest BCUT2D eigenvalue weighted by Gasteiger charge is -2.48. The molecule has 2 fully saturated rings. The molecule has 6 aromatic rings. The van der Waals surface area contributed by atoms with E-state index in [0.717, 1.165) is 46.2 Å². The minimum Gasteiger partial charge on any atom is -0.263 e. The summed E-state index contributed by atoms with van der Waals surface area (Å²) in [5, 5.41) is -0.253. The molecule has 0 bridgehead atoms. The first kappa shape index (κ1) is 47.6. The van der Waals surface area contributed by atoms with Crippen molar-refractivity contribution in [3.63, 3.8) is 0 Å². The van der Waals surface area contributed by atoms with E-state index in [9.17, 15) is 37.9 Å². The molecule has 0 atom stereocenters. The monoisotopic (exact) mass is 1050 g/mol. The van der Waals surface area contributed by atoms with E-state index in [4.69, 9.17) is 0 Å². The largest absolute Gasteiger partial charge is 0.389 e. The molecule has 2 saturated carbocycles. The number of aryl methyl sites for hydroxylation is 2. The quantitative estimate of drug-likeness (QED) is 0.0645. The van der Waals surface area contributed by atoms with Crippen molar-refractivity contribution in [3.8, 4) is 0 Å². The number of benzene rings is 6. The number of hydrogen-bond donors (Lipinski definition) is 0. The number of carbonyl (C=O) groups is 1. The van der Waals surface area contributed by atoms with Crippen LogP contribution in [-0.4, -0.2) is 31.8 Å². The summed E-state index contributed by atoms with van der Waals surface area (Å²) in [6, 6.07) is 7.91. The Morgan fingerprint density at radius 1 is 0.473 bits per heavy atom. The van der Waals surface area contributed by atoms with Crippen molar-refractivity contribution < 1.29 is 77.8 Å². The van der Waals surface area contributed by atoms with Crippen LogP contribution in [0.2, 0.25) is 0 Å². The van der Waals surface area contributed by atoms with Crippen molar-refractivity contribution in [1.29, 1.82) is 0 Å². The van der Waals surface area contributed by atoms with Gasteiger partial charge in [-0.2, -0.15) is 26.3 Å². The summed E-state index contributed by atoms with van der Waals surface area (Å²) in [6.07, 6.45) is -11.2. The predicted octanol–water partition coefficient (Wildman–Crippen LogP) is 12.4. The molecule has 21 heteroatoms. The van der Waals surface area contributed by atoms with Crippen LogP contribution in [0.4, 0.5) is 97.8 Å². The van der Waals surface area contributed by atoms with Crippen LogP contribution in [0.1, 0.15) is 114 Å². The van der Waals surface area contributed by atoms with Gasteiger partial charge in [-0.25, -0.2) is 48.7 Å². The van der Waals surface area contributed by atoms with E-state index in [2.05, 4.69) is 0 Å². The lowest BCUT2D eigenvalue weighted by Crippen LogP contribution is -2.66. The van der Waals surface area contributed by atoms with Gasteiger partial charge in [-0.3, -0.25) is 9.80 Å². The fourth-order valence-corrected chi connectivity index (χ4v) is 12.0. The molecule has 5 aliphatic rings. The first-order chi connectivity index (χ1) is 35.8. The minimum atomic E-state index is -4.77. The Labute approximate surface area is 415 Å². The second-order valence-corrected chi connectivity index (χ2v) is 19.6. The van der Waals surface area contributed by atoms with E-state index in [0.29, 0.717) is 38.5 Å². The first-order valence-corrected chi connectivity index (χ1v) is 24.0. The van der Waals surface area contributed by atoms with Gasteiger partial charge >= 0.3 is 18.4 Å². The summed E-state index contributed by atoms with van der Waals surface area (Å²) in [4.78, 5) is 18.1. The van der Waals surface area contributed by atoms with E-state index in [1.54, 1.807) is 0 Å². The Hall–Kier alpha value is -6.14.